The Morgan fingerprint density at radius 1 is 0.500 bits per heavy atom. The van der Waals surface area contributed by atoms with E-state index in [1.165, 1.54) is 135 Å². The molecule has 0 bridgehead atoms. The summed E-state index contributed by atoms with van der Waals surface area (Å²) in [6, 6.07) is 0. The van der Waals surface area contributed by atoms with E-state index in [-0.39, 0.29) is 0 Å². The van der Waals surface area contributed by atoms with Crippen molar-refractivity contribution >= 4 is 11.9 Å². The van der Waals surface area contributed by atoms with Crippen LogP contribution in [0, 0.1) is 11.8 Å². The lowest BCUT2D eigenvalue weighted by atomic mass is 9.70. The molecule has 0 spiro atoms. The normalized spacial score (nSPS) is 17.4. The fourth-order valence-corrected chi connectivity index (χ4v) is 6.87. The first kappa shape index (κ1) is 36.7. The minimum atomic E-state index is -0.667. The van der Waals surface area contributed by atoms with Crippen LogP contribution in [0.3, 0.4) is 0 Å². The molecule has 0 aromatic heterocycles. The standard InChI is InChI=1S/C36H66O4/c1-3-5-7-11-17-23-31-29-30-32(24-18-15-16-22-28-36(39)40)34(33(31)25-19-12-8-6-4-2)26-20-13-9-10-14-21-27-35(37)38/h31-32H,3-30H2,1-2H3,(H,37,38)(H,39,40). The highest BCUT2D eigenvalue weighted by Gasteiger charge is 2.28. The molecular formula is C36H66O4. The molecule has 40 heavy (non-hydrogen) atoms. The van der Waals surface area contributed by atoms with E-state index in [9.17, 15) is 9.59 Å². The summed E-state index contributed by atoms with van der Waals surface area (Å²) >= 11 is 0. The fourth-order valence-electron chi connectivity index (χ4n) is 6.87. The highest BCUT2D eigenvalue weighted by molar-refractivity contribution is 5.66. The number of unbranched alkanes of at least 4 members (excludes halogenated alkanes) is 16. The largest absolute Gasteiger partial charge is 0.481 e. The Labute approximate surface area is 248 Å². The van der Waals surface area contributed by atoms with Gasteiger partial charge in [-0.3, -0.25) is 9.59 Å². The summed E-state index contributed by atoms with van der Waals surface area (Å²) in [4.78, 5) is 21.6. The van der Waals surface area contributed by atoms with Crippen LogP contribution in [0.5, 0.6) is 0 Å². The van der Waals surface area contributed by atoms with Crippen molar-refractivity contribution in [3.8, 4) is 0 Å². The number of hydrogen-bond donors (Lipinski definition) is 2. The number of aliphatic carboxylic acids is 2. The third kappa shape index (κ3) is 18.9. The van der Waals surface area contributed by atoms with Gasteiger partial charge < -0.3 is 10.2 Å². The van der Waals surface area contributed by atoms with E-state index >= 15 is 0 Å². The minimum absolute atomic E-state index is 0.312. The highest BCUT2D eigenvalue weighted by atomic mass is 16.4. The maximum absolute atomic E-state index is 10.9. The molecule has 4 heteroatoms. The van der Waals surface area contributed by atoms with Crippen LogP contribution in [0.15, 0.2) is 11.1 Å². The van der Waals surface area contributed by atoms with E-state index in [1.54, 1.807) is 0 Å². The van der Waals surface area contributed by atoms with E-state index in [0.29, 0.717) is 12.8 Å². The first-order valence-corrected chi connectivity index (χ1v) is 17.6. The molecule has 0 aromatic carbocycles. The van der Waals surface area contributed by atoms with E-state index in [0.717, 1.165) is 43.9 Å². The molecule has 4 nitrogen and oxygen atoms in total. The summed E-state index contributed by atoms with van der Waals surface area (Å²) in [7, 11) is 0. The van der Waals surface area contributed by atoms with Crippen LogP contribution in [-0.4, -0.2) is 22.2 Å². The lowest BCUT2D eigenvalue weighted by Crippen LogP contribution is -2.21. The highest BCUT2D eigenvalue weighted by Crippen LogP contribution is 2.43. The third-order valence-electron chi connectivity index (χ3n) is 9.25. The molecule has 0 radical (unpaired) electrons. The molecule has 1 aliphatic rings. The zero-order valence-corrected chi connectivity index (χ0v) is 26.7. The summed E-state index contributed by atoms with van der Waals surface area (Å²) in [5.41, 5.74) is 3.72. The van der Waals surface area contributed by atoms with Gasteiger partial charge >= 0.3 is 11.9 Å². The van der Waals surface area contributed by atoms with Gasteiger partial charge in [0, 0.05) is 12.8 Å². The first-order valence-electron chi connectivity index (χ1n) is 17.6. The fraction of sp³-hybridized carbons (Fsp3) is 0.889. The van der Waals surface area contributed by atoms with Crippen molar-refractivity contribution in [1.29, 1.82) is 0 Å². The van der Waals surface area contributed by atoms with Crippen molar-refractivity contribution in [2.75, 3.05) is 0 Å². The van der Waals surface area contributed by atoms with Crippen LogP contribution in [-0.2, 0) is 9.59 Å². The van der Waals surface area contributed by atoms with Crippen LogP contribution in [0.1, 0.15) is 194 Å². The van der Waals surface area contributed by atoms with Crippen molar-refractivity contribution in [2.24, 2.45) is 11.8 Å². The summed E-state index contributed by atoms with van der Waals surface area (Å²) in [6.07, 6.45) is 33.4. The molecule has 0 aliphatic heterocycles. The van der Waals surface area contributed by atoms with Crippen molar-refractivity contribution in [3.05, 3.63) is 11.1 Å². The maximum atomic E-state index is 10.9. The average molecular weight is 563 g/mol. The molecule has 0 amide bonds. The number of carboxylic acids is 2. The quantitative estimate of drug-likeness (QED) is 0.0734. The van der Waals surface area contributed by atoms with Gasteiger partial charge in [0.15, 0.2) is 0 Å². The molecule has 2 unspecified atom stereocenters. The van der Waals surface area contributed by atoms with Crippen LogP contribution in [0.25, 0.3) is 0 Å². The molecule has 2 N–H and O–H groups in total. The first-order chi connectivity index (χ1) is 19.5. The lowest BCUT2D eigenvalue weighted by Gasteiger charge is -2.35. The lowest BCUT2D eigenvalue weighted by molar-refractivity contribution is -0.138. The second kappa shape index (κ2) is 25.4. The zero-order valence-electron chi connectivity index (χ0n) is 26.7. The molecule has 2 atom stereocenters. The molecule has 234 valence electrons. The molecule has 0 heterocycles. The van der Waals surface area contributed by atoms with Gasteiger partial charge in [-0.2, -0.15) is 0 Å². The minimum Gasteiger partial charge on any atom is -0.481 e. The molecule has 1 rings (SSSR count). The number of allylic oxidation sites excluding steroid dienone is 2. The van der Waals surface area contributed by atoms with Crippen LogP contribution in [0.4, 0.5) is 0 Å². The van der Waals surface area contributed by atoms with Crippen LogP contribution >= 0.6 is 0 Å². The number of hydrogen-bond acceptors (Lipinski definition) is 2. The number of carboxylic acid groups (broad SMARTS) is 2. The van der Waals surface area contributed by atoms with Gasteiger partial charge in [0.05, 0.1) is 0 Å². The third-order valence-corrected chi connectivity index (χ3v) is 9.25. The monoisotopic (exact) mass is 562 g/mol. The molecule has 0 aromatic rings. The second-order valence-corrected chi connectivity index (χ2v) is 12.8. The van der Waals surface area contributed by atoms with Crippen molar-refractivity contribution in [3.63, 3.8) is 0 Å². The number of carbonyl (C=O) groups is 2. The van der Waals surface area contributed by atoms with E-state index < -0.39 is 11.9 Å². The molecular weight excluding hydrogens is 496 g/mol. The predicted octanol–water partition coefficient (Wildman–Crippen LogP) is 11.7. The van der Waals surface area contributed by atoms with E-state index in [1.807, 2.05) is 11.1 Å². The molecule has 0 saturated carbocycles. The van der Waals surface area contributed by atoms with Gasteiger partial charge in [0.25, 0.3) is 0 Å². The van der Waals surface area contributed by atoms with Crippen LogP contribution < -0.4 is 0 Å². The maximum Gasteiger partial charge on any atom is 0.303 e. The average Bonchev–Trinajstić information content (AvgIpc) is 2.92. The van der Waals surface area contributed by atoms with Gasteiger partial charge in [-0.25, -0.2) is 0 Å². The Kier molecular flexibility index (Phi) is 23.3. The van der Waals surface area contributed by atoms with Gasteiger partial charge in [-0.1, -0.05) is 128 Å². The van der Waals surface area contributed by atoms with Crippen molar-refractivity contribution < 1.29 is 19.8 Å². The van der Waals surface area contributed by atoms with Crippen molar-refractivity contribution in [2.45, 2.75) is 194 Å². The predicted molar refractivity (Wildman–Crippen MR) is 170 cm³/mol. The smallest absolute Gasteiger partial charge is 0.303 e. The molecule has 0 saturated heterocycles. The van der Waals surface area contributed by atoms with Gasteiger partial charge in [0.1, 0.15) is 0 Å². The summed E-state index contributed by atoms with van der Waals surface area (Å²) in [6.45, 7) is 4.60. The Balaban J connectivity index is 2.80. The summed E-state index contributed by atoms with van der Waals surface area (Å²) in [5, 5.41) is 17.8. The Morgan fingerprint density at radius 2 is 0.825 bits per heavy atom. The second-order valence-electron chi connectivity index (χ2n) is 12.8. The number of rotatable bonds is 28. The molecule has 0 fully saturated rings. The topological polar surface area (TPSA) is 74.6 Å². The van der Waals surface area contributed by atoms with Gasteiger partial charge in [0.2, 0.25) is 0 Å². The van der Waals surface area contributed by atoms with Crippen LogP contribution in [0.2, 0.25) is 0 Å². The SMILES string of the molecule is CCCCCCCC1=C(CCCCCCCCC(=O)O)C(CCCCCCC(=O)O)CCC1CCCCCCC. The van der Waals surface area contributed by atoms with Gasteiger partial charge in [-0.05, 0) is 76.0 Å². The Morgan fingerprint density at radius 3 is 1.20 bits per heavy atom. The summed E-state index contributed by atoms with van der Waals surface area (Å²) < 4.78 is 0. The van der Waals surface area contributed by atoms with E-state index in [4.69, 9.17) is 10.2 Å². The van der Waals surface area contributed by atoms with Gasteiger partial charge in [-0.15, -0.1) is 0 Å². The van der Waals surface area contributed by atoms with E-state index in [2.05, 4.69) is 13.8 Å². The zero-order chi connectivity index (χ0) is 29.3. The Bertz CT molecular complexity index is 668. The van der Waals surface area contributed by atoms with Crippen molar-refractivity contribution in [1.82, 2.24) is 0 Å². The Hall–Kier alpha value is -1.32. The molecule has 1 aliphatic carbocycles. The summed E-state index contributed by atoms with van der Waals surface area (Å²) in [5.74, 6) is 0.227.